The lowest BCUT2D eigenvalue weighted by atomic mass is 10.4. The fraction of sp³-hybridized carbons (Fsp3) is 0.286. The van der Waals surface area contributed by atoms with Crippen LogP contribution in [0.25, 0.3) is 0 Å². The van der Waals surface area contributed by atoms with Crippen molar-refractivity contribution in [3.8, 4) is 17.2 Å². The van der Waals surface area contributed by atoms with E-state index in [0.717, 1.165) is 13.3 Å². The zero-order chi connectivity index (χ0) is 11.6. The van der Waals surface area contributed by atoms with E-state index >= 15 is 0 Å². The second kappa shape index (κ2) is 4.29. The quantitative estimate of drug-likeness (QED) is 0.666. The van der Waals surface area contributed by atoms with E-state index in [4.69, 9.17) is 0 Å². The molecule has 0 spiro atoms. The number of hydrogen-bond donors (Lipinski definition) is 1. The summed E-state index contributed by atoms with van der Waals surface area (Å²) in [7, 11) is 1.15. The number of halogens is 4. The molecule has 0 bridgehead atoms. The van der Waals surface area contributed by atoms with E-state index in [2.05, 4.69) is 14.5 Å². The van der Waals surface area contributed by atoms with Gasteiger partial charge in [-0.25, -0.2) is 4.98 Å². The molecule has 0 saturated heterocycles. The first-order valence-corrected chi connectivity index (χ1v) is 4.60. The first kappa shape index (κ1) is 12.1. The van der Waals surface area contributed by atoms with Crippen molar-refractivity contribution in [2.45, 2.75) is 6.36 Å². The van der Waals surface area contributed by atoms with Crippen LogP contribution in [-0.2, 0) is 0 Å². The van der Waals surface area contributed by atoms with Crippen LogP contribution in [0.1, 0.15) is 0 Å². The number of aromatic hydroxyl groups is 1. The Kier molecular flexibility index (Phi) is 3.47. The number of pyridine rings is 1. The maximum Gasteiger partial charge on any atom is 0.573 e. The molecule has 0 radical (unpaired) electrons. The molecule has 0 amide bonds. The first-order chi connectivity index (χ1) is 6.85. The molecule has 8 heteroatoms. The van der Waals surface area contributed by atoms with E-state index in [9.17, 15) is 18.3 Å². The third kappa shape index (κ3) is 3.01. The van der Waals surface area contributed by atoms with E-state index in [0.29, 0.717) is 0 Å². The van der Waals surface area contributed by atoms with Crippen LogP contribution in [0, 0.1) is 3.70 Å². The van der Waals surface area contributed by atoms with Gasteiger partial charge < -0.3 is 14.6 Å². The number of alkyl halides is 3. The minimum absolute atomic E-state index is 0.00681. The summed E-state index contributed by atoms with van der Waals surface area (Å²) in [6.45, 7) is 0. The van der Waals surface area contributed by atoms with E-state index in [1.807, 2.05) is 0 Å². The fourth-order valence-electron chi connectivity index (χ4n) is 0.805. The second-order valence-electron chi connectivity index (χ2n) is 2.34. The highest BCUT2D eigenvalue weighted by Crippen LogP contribution is 2.41. The summed E-state index contributed by atoms with van der Waals surface area (Å²) in [5, 5.41) is 9.30. The van der Waals surface area contributed by atoms with Crippen molar-refractivity contribution < 1.29 is 27.8 Å². The molecular formula is C7H5F3INO3. The molecule has 4 nitrogen and oxygen atoms in total. The van der Waals surface area contributed by atoms with Crippen molar-refractivity contribution in [1.29, 1.82) is 0 Å². The summed E-state index contributed by atoms with van der Waals surface area (Å²) in [5.41, 5.74) is 0. The molecule has 0 aliphatic heterocycles. The molecule has 0 unspecified atom stereocenters. The lowest BCUT2D eigenvalue weighted by Crippen LogP contribution is -2.18. The highest BCUT2D eigenvalue weighted by Gasteiger charge is 2.34. The number of rotatable bonds is 2. The van der Waals surface area contributed by atoms with Crippen LogP contribution in [0.15, 0.2) is 6.20 Å². The maximum absolute atomic E-state index is 12.0. The zero-order valence-corrected chi connectivity index (χ0v) is 9.46. The standard InChI is InChI=1S/C7H5F3INO3/c1-14-3-2-12-6(11)4(13)5(3)15-7(8,9)10/h2,13H,1H3. The van der Waals surface area contributed by atoms with Crippen LogP contribution in [0.5, 0.6) is 17.2 Å². The number of nitrogens with zero attached hydrogens (tertiary/aromatic N) is 1. The summed E-state index contributed by atoms with van der Waals surface area (Å²) in [6, 6.07) is 0. The maximum atomic E-state index is 12.0. The van der Waals surface area contributed by atoms with Gasteiger partial charge in [-0.05, 0) is 22.6 Å². The third-order valence-electron chi connectivity index (χ3n) is 1.37. The lowest BCUT2D eigenvalue weighted by molar-refractivity contribution is -0.275. The number of aromatic nitrogens is 1. The third-order valence-corrected chi connectivity index (χ3v) is 2.16. The van der Waals surface area contributed by atoms with Crippen molar-refractivity contribution in [1.82, 2.24) is 4.98 Å². The average Bonchev–Trinajstić information content (AvgIpc) is 2.11. The molecule has 0 atom stereocenters. The van der Waals surface area contributed by atoms with Gasteiger partial charge in [0.25, 0.3) is 0 Å². The van der Waals surface area contributed by atoms with Crippen molar-refractivity contribution in [3.05, 3.63) is 9.90 Å². The van der Waals surface area contributed by atoms with Crippen LogP contribution in [-0.4, -0.2) is 23.6 Å². The molecule has 0 saturated carbocycles. The second-order valence-corrected chi connectivity index (χ2v) is 3.36. The van der Waals surface area contributed by atoms with E-state index < -0.39 is 17.9 Å². The molecule has 0 aliphatic rings. The molecular weight excluding hydrogens is 330 g/mol. The average molecular weight is 335 g/mol. The minimum atomic E-state index is -4.89. The molecule has 1 aromatic heterocycles. The normalized spacial score (nSPS) is 11.3. The highest BCUT2D eigenvalue weighted by molar-refractivity contribution is 14.1. The van der Waals surface area contributed by atoms with Crippen LogP contribution >= 0.6 is 22.6 Å². The molecule has 1 N–H and O–H groups in total. The van der Waals surface area contributed by atoms with Crippen LogP contribution in [0.3, 0.4) is 0 Å². The molecule has 84 valence electrons. The largest absolute Gasteiger partial charge is 0.573 e. The van der Waals surface area contributed by atoms with Crippen LogP contribution in [0.2, 0.25) is 0 Å². The zero-order valence-electron chi connectivity index (χ0n) is 7.30. The molecule has 0 fully saturated rings. The smallest absolute Gasteiger partial charge is 0.502 e. The first-order valence-electron chi connectivity index (χ1n) is 3.52. The van der Waals surface area contributed by atoms with Gasteiger partial charge in [-0.15, -0.1) is 13.2 Å². The molecule has 0 aliphatic carbocycles. The molecule has 1 rings (SSSR count). The van der Waals surface area contributed by atoms with E-state index in [-0.39, 0.29) is 9.45 Å². The predicted octanol–water partition coefficient (Wildman–Crippen LogP) is 2.30. The SMILES string of the molecule is COc1cnc(I)c(O)c1OC(F)(F)F. The Balaban J connectivity index is 3.18. The number of hydrogen-bond acceptors (Lipinski definition) is 4. The van der Waals surface area contributed by atoms with Gasteiger partial charge in [-0.2, -0.15) is 0 Å². The van der Waals surface area contributed by atoms with Crippen molar-refractivity contribution in [2.24, 2.45) is 0 Å². The van der Waals surface area contributed by atoms with Gasteiger partial charge in [0.2, 0.25) is 5.75 Å². The summed E-state index contributed by atoms with van der Waals surface area (Å²) < 4.78 is 44.1. The van der Waals surface area contributed by atoms with Gasteiger partial charge in [-0.1, -0.05) is 0 Å². The summed E-state index contributed by atoms with van der Waals surface area (Å²) in [6.07, 6.45) is -3.86. The highest BCUT2D eigenvalue weighted by atomic mass is 127. The van der Waals surface area contributed by atoms with Gasteiger partial charge in [-0.3, -0.25) is 0 Å². The summed E-state index contributed by atoms with van der Waals surface area (Å²) in [5.74, 6) is -1.78. The van der Waals surface area contributed by atoms with Gasteiger partial charge in [0.05, 0.1) is 13.3 Å². The Morgan fingerprint density at radius 1 is 1.47 bits per heavy atom. The minimum Gasteiger partial charge on any atom is -0.502 e. The molecule has 1 aromatic rings. The van der Waals surface area contributed by atoms with Crippen molar-refractivity contribution in [2.75, 3.05) is 7.11 Å². The molecule has 1 heterocycles. The Bertz CT molecular complexity index is 369. The van der Waals surface area contributed by atoms with Crippen LogP contribution in [0.4, 0.5) is 13.2 Å². The Morgan fingerprint density at radius 3 is 2.53 bits per heavy atom. The fourth-order valence-corrected chi connectivity index (χ4v) is 1.19. The van der Waals surface area contributed by atoms with Gasteiger partial charge in [0.1, 0.15) is 3.70 Å². The van der Waals surface area contributed by atoms with E-state index in [1.165, 1.54) is 0 Å². The predicted molar refractivity (Wildman–Crippen MR) is 51.9 cm³/mol. The van der Waals surface area contributed by atoms with Gasteiger partial charge in [0.15, 0.2) is 11.5 Å². The topological polar surface area (TPSA) is 51.6 Å². The Labute approximate surface area is 96.2 Å². The van der Waals surface area contributed by atoms with Gasteiger partial charge in [0, 0.05) is 0 Å². The summed E-state index contributed by atoms with van der Waals surface area (Å²) in [4.78, 5) is 3.60. The Morgan fingerprint density at radius 2 is 2.07 bits per heavy atom. The summed E-state index contributed by atoms with van der Waals surface area (Å²) >= 11 is 1.57. The van der Waals surface area contributed by atoms with Gasteiger partial charge >= 0.3 is 6.36 Å². The Hall–Kier alpha value is -0.930. The monoisotopic (exact) mass is 335 g/mol. The van der Waals surface area contributed by atoms with Crippen LogP contribution < -0.4 is 9.47 Å². The van der Waals surface area contributed by atoms with Crippen molar-refractivity contribution >= 4 is 22.6 Å². The lowest BCUT2D eigenvalue weighted by Gasteiger charge is -2.13. The number of methoxy groups -OCH3 is 1. The molecule has 0 aromatic carbocycles. The number of ether oxygens (including phenoxy) is 2. The molecule has 15 heavy (non-hydrogen) atoms. The van der Waals surface area contributed by atoms with Crippen molar-refractivity contribution in [3.63, 3.8) is 0 Å². The van der Waals surface area contributed by atoms with E-state index in [1.54, 1.807) is 22.6 Å².